The lowest BCUT2D eigenvalue weighted by atomic mass is 9.82. The lowest BCUT2D eigenvalue weighted by Gasteiger charge is -2.33. The Kier molecular flexibility index (Phi) is 6.79. The van der Waals surface area contributed by atoms with Gasteiger partial charge in [-0.15, -0.1) is 12.4 Å². The molecule has 0 radical (unpaired) electrons. The van der Waals surface area contributed by atoms with Crippen LogP contribution in [0.25, 0.3) is 0 Å². The van der Waals surface area contributed by atoms with Crippen molar-refractivity contribution in [3.05, 3.63) is 33.3 Å². The Hall–Kier alpha value is -0.290. The molecule has 2 rings (SSSR count). The quantitative estimate of drug-likeness (QED) is 0.833. The normalized spacial score (nSPS) is 17.1. The lowest BCUT2D eigenvalue weighted by Crippen LogP contribution is -2.51. The highest BCUT2D eigenvalue weighted by Crippen LogP contribution is 2.27. The second-order valence-electron chi connectivity index (χ2n) is 5.21. The van der Waals surface area contributed by atoms with Crippen LogP contribution in [-0.2, 0) is 0 Å². The van der Waals surface area contributed by atoms with E-state index in [0.717, 1.165) is 30.2 Å². The molecule has 0 aliphatic heterocycles. The standard InChI is InChI=1S/C14H18BrClN2O.ClH/c15-11-6-4-5-10(12(11)16)13(19)18-9-14(17)7-2-1-3-8-14;/h4-6H,1-3,7-9,17H2,(H,18,19);1H. The van der Waals surface area contributed by atoms with Crippen molar-refractivity contribution in [1.82, 2.24) is 5.32 Å². The van der Waals surface area contributed by atoms with Gasteiger partial charge in [-0.1, -0.05) is 36.9 Å². The van der Waals surface area contributed by atoms with E-state index in [2.05, 4.69) is 21.2 Å². The number of rotatable bonds is 3. The van der Waals surface area contributed by atoms with Crippen molar-refractivity contribution < 1.29 is 4.79 Å². The summed E-state index contributed by atoms with van der Waals surface area (Å²) in [5, 5.41) is 3.35. The summed E-state index contributed by atoms with van der Waals surface area (Å²) in [4.78, 5) is 12.1. The smallest absolute Gasteiger partial charge is 0.252 e. The Morgan fingerprint density at radius 3 is 2.65 bits per heavy atom. The van der Waals surface area contributed by atoms with E-state index in [0.29, 0.717) is 17.1 Å². The minimum Gasteiger partial charge on any atom is -0.350 e. The first-order chi connectivity index (χ1) is 9.02. The van der Waals surface area contributed by atoms with E-state index in [9.17, 15) is 4.79 Å². The summed E-state index contributed by atoms with van der Waals surface area (Å²) in [5.41, 5.74) is 6.52. The topological polar surface area (TPSA) is 55.1 Å². The third-order valence-electron chi connectivity index (χ3n) is 3.65. The molecule has 20 heavy (non-hydrogen) atoms. The summed E-state index contributed by atoms with van der Waals surface area (Å²) < 4.78 is 0.724. The SMILES string of the molecule is Cl.NC1(CNC(=O)c2cccc(Br)c2Cl)CCCCC1. The van der Waals surface area contributed by atoms with E-state index in [1.54, 1.807) is 12.1 Å². The van der Waals surface area contributed by atoms with Gasteiger partial charge >= 0.3 is 0 Å². The second kappa shape index (κ2) is 7.64. The fourth-order valence-corrected chi connectivity index (χ4v) is 3.04. The maximum absolute atomic E-state index is 12.1. The van der Waals surface area contributed by atoms with Crippen molar-refractivity contribution >= 4 is 45.8 Å². The summed E-state index contributed by atoms with van der Waals surface area (Å²) >= 11 is 9.42. The average molecular weight is 382 g/mol. The Morgan fingerprint density at radius 2 is 2.00 bits per heavy atom. The number of carbonyl (C=O) groups excluding carboxylic acids is 1. The van der Waals surface area contributed by atoms with Crippen LogP contribution in [0.4, 0.5) is 0 Å². The molecule has 3 nitrogen and oxygen atoms in total. The van der Waals surface area contributed by atoms with Crippen LogP contribution >= 0.6 is 39.9 Å². The number of hydrogen-bond donors (Lipinski definition) is 2. The third kappa shape index (κ3) is 4.35. The first-order valence-electron chi connectivity index (χ1n) is 6.53. The number of nitrogens with two attached hydrogens (primary N) is 1. The van der Waals surface area contributed by atoms with Crippen LogP contribution in [0.15, 0.2) is 22.7 Å². The lowest BCUT2D eigenvalue weighted by molar-refractivity contribution is 0.0938. The molecule has 0 aromatic heterocycles. The van der Waals surface area contributed by atoms with E-state index >= 15 is 0 Å². The van der Waals surface area contributed by atoms with Gasteiger partial charge in [-0.05, 0) is 40.9 Å². The molecule has 1 amide bonds. The van der Waals surface area contributed by atoms with Crippen molar-refractivity contribution in [3.8, 4) is 0 Å². The van der Waals surface area contributed by atoms with E-state index in [1.165, 1.54) is 6.42 Å². The highest BCUT2D eigenvalue weighted by Gasteiger charge is 2.28. The van der Waals surface area contributed by atoms with Crippen molar-refractivity contribution in [2.75, 3.05) is 6.54 Å². The molecule has 3 N–H and O–H groups in total. The first kappa shape index (κ1) is 17.8. The monoisotopic (exact) mass is 380 g/mol. The van der Waals surface area contributed by atoms with E-state index in [1.807, 2.05) is 6.07 Å². The summed E-state index contributed by atoms with van der Waals surface area (Å²) in [6, 6.07) is 5.32. The molecule has 1 aromatic carbocycles. The summed E-state index contributed by atoms with van der Waals surface area (Å²) in [7, 11) is 0. The van der Waals surface area contributed by atoms with Gasteiger partial charge in [0, 0.05) is 16.6 Å². The van der Waals surface area contributed by atoms with Gasteiger partial charge in [0.1, 0.15) is 0 Å². The highest BCUT2D eigenvalue weighted by molar-refractivity contribution is 9.10. The number of nitrogens with one attached hydrogen (secondary N) is 1. The molecular formula is C14H19BrCl2N2O. The molecule has 0 heterocycles. The molecule has 1 aliphatic rings. The van der Waals surface area contributed by atoms with Crippen LogP contribution in [0.3, 0.4) is 0 Å². The molecule has 0 unspecified atom stereocenters. The Morgan fingerprint density at radius 1 is 1.35 bits per heavy atom. The summed E-state index contributed by atoms with van der Waals surface area (Å²) in [6.07, 6.45) is 5.47. The number of carbonyl (C=O) groups is 1. The molecule has 1 fully saturated rings. The van der Waals surface area contributed by atoms with Gasteiger partial charge in [-0.2, -0.15) is 0 Å². The number of halogens is 3. The zero-order valence-electron chi connectivity index (χ0n) is 11.1. The maximum atomic E-state index is 12.1. The van der Waals surface area contributed by atoms with Gasteiger partial charge in [0.05, 0.1) is 10.6 Å². The molecule has 6 heteroatoms. The van der Waals surface area contributed by atoms with E-state index < -0.39 is 0 Å². The van der Waals surface area contributed by atoms with E-state index in [-0.39, 0.29) is 23.9 Å². The molecule has 0 atom stereocenters. The molecule has 0 spiro atoms. The van der Waals surface area contributed by atoms with Gasteiger partial charge in [0.15, 0.2) is 0 Å². The predicted molar refractivity (Wildman–Crippen MR) is 88.7 cm³/mol. The first-order valence-corrected chi connectivity index (χ1v) is 7.70. The third-order valence-corrected chi connectivity index (χ3v) is 4.94. The number of benzene rings is 1. The minimum absolute atomic E-state index is 0. The van der Waals surface area contributed by atoms with Crippen LogP contribution in [0, 0.1) is 0 Å². The Balaban J connectivity index is 0.00000200. The molecule has 1 saturated carbocycles. The van der Waals surface area contributed by atoms with Crippen LogP contribution in [0.2, 0.25) is 5.02 Å². The fourth-order valence-electron chi connectivity index (χ4n) is 2.46. The average Bonchev–Trinajstić information content (AvgIpc) is 2.40. The largest absolute Gasteiger partial charge is 0.350 e. The number of amides is 1. The molecule has 1 aromatic rings. The van der Waals surface area contributed by atoms with Crippen molar-refractivity contribution in [3.63, 3.8) is 0 Å². The van der Waals surface area contributed by atoms with Crippen molar-refractivity contribution in [2.45, 2.75) is 37.6 Å². The maximum Gasteiger partial charge on any atom is 0.252 e. The van der Waals surface area contributed by atoms with Crippen molar-refractivity contribution in [2.24, 2.45) is 5.73 Å². The van der Waals surface area contributed by atoms with Gasteiger partial charge in [0.2, 0.25) is 0 Å². The van der Waals surface area contributed by atoms with Crippen LogP contribution in [0.1, 0.15) is 42.5 Å². The highest BCUT2D eigenvalue weighted by atomic mass is 79.9. The molecular weight excluding hydrogens is 363 g/mol. The molecule has 112 valence electrons. The fraction of sp³-hybridized carbons (Fsp3) is 0.500. The minimum atomic E-state index is -0.258. The summed E-state index contributed by atoms with van der Waals surface area (Å²) in [5.74, 6) is -0.165. The predicted octanol–water partition coefficient (Wildman–Crippen LogP) is 3.92. The van der Waals surface area contributed by atoms with Crippen LogP contribution in [0.5, 0.6) is 0 Å². The van der Waals surface area contributed by atoms with Crippen molar-refractivity contribution in [1.29, 1.82) is 0 Å². The van der Waals surface area contributed by atoms with Gasteiger partial charge in [-0.3, -0.25) is 4.79 Å². The van der Waals surface area contributed by atoms with Crippen LogP contribution in [-0.4, -0.2) is 18.0 Å². The van der Waals surface area contributed by atoms with Gasteiger partial charge in [0.25, 0.3) is 5.91 Å². The van der Waals surface area contributed by atoms with E-state index in [4.69, 9.17) is 17.3 Å². The zero-order valence-corrected chi connectivity index (χ0v) is 14.3. The molecule has 0 bridgehead atoms. The molecule has 0 saturated heterocycles. The zero-order chi connectivity index (χ0) is 13.9. The van der Waals surface area contributed by atoms with Gasteiger partial charge in [-0.25, -0.2) is 0 Å². The van der Waals surface area contributed by atoms with Crippen LogP contribution < -0.4 is 11.1 Å². The Labute approximate surface area is 139 Å². The molecule has 1 aliphatic carbocycles. The van der Waals surface area contributed by atoms with Gasteiger partial charge < -0.3 is 11.1 Å². The second-order valence-corrected chi connectivity index (χ2v) is 6.44. The number of hydrogen-bond acceptors (Lipinski definition) is 2. The Bertz CT molecular complexity index is 476. The summed E-state index contributed by atoms with van der Waals surface area (Å²) in [6.45, 7) is 0.509.